The van der Waals surface area contributed by atoms with E-state index in [1.165, 1.54) is 18.3 Å². The number of hydrogen-bond donors (Lipinski definition) is 3. The summed E-state index contributed by atoms with van der Waals surface area (Å²) in [4.78, 5) is 11.1. The van der Waals surface area contributed by atoms with Crippen LogP contribution >= 0.6 is 11.3 Å². The Morgan fingerprint density at radius 3 is 2.90 bits per heavy atom. The lowest BCUT2D eigenvalue weighted by Crippen LogP contribution is -2.25. The molecule has 0 aliphatic carbocycles. The number of aromatic amines is 1. The molecule has 0 radical (unpaired) electrons. The Morgan fingerprint density at radius 2 is 2.30 bits per heavy atom. The van der Waals surface area contributed by atoms with Gasteiger partial charge in [0.2, 0.25) is 0 Å². The monoisotopic (exact) mass is 315 g/mol. The molecule has 0 aliphatic heterocycles. The number of nitrogens with zero attached hydrogens (tertiary/aromatic N) is 1. The van der Waals surface area contributed by atoms with Crippen LogP contribution in [-0.4, -0.2) is 29.7 Å². The molecule has 2 heterocycles. The highest BCUT2D eigenvalue weighted by Gasteiger charge is 2.21. The van der Waals surface area contributed by atoms with Crippen molar-refractivity contribution in [2.45, 2.75) is 23.6 Å². The maximum absolute atomic E-state index is 12.2. The molecule has 0 aromatic carbocycles. The second-order valence-electron chi connectivity index (χ2n) is 4.17. The number of aliphatic carboxylic acids is 1. The smallest absolute Gasteiger partial charge is 0.308 e. The number of carboxylic acid groups (broad SMARTS) is 1. The van der Waals surface area contributed by atoms with Gasteiger partial charge >= 0.3 is 5.97 Å². The van der Waals surface area contributed by atoms with E-state index in [1.54, 1.807) is 13.1 Å². The van der Waals surface area contributed by atoms with Crippen molar-refractivity contribution in [1.82, 2.24) is 14.9 Å². The van der Waals surface area contributed by atoms with Gasteiger partial charge in [0, 0.05) is 22.7 Å². The van der Waals surface area contributed by atoms with Crippen LogP contribution in [0.25, 0.3) is 0 Å². The molecule has 1 atom stereocenters. The Kier molecular flexibility index (Phi) is 4.21. The molecule has 108 valence electrons. The van der Waals surface area contributed by atoms with Crippen LogP contribution in [-0.2, 0) is 21.2 Å². The van der Waals surface area contributed by atoms with Gasteiger partial charge in [0.05, 0.1) is 12.6 Å². The highest BCUT2D eigenvalue weighted by molar-refractivity contribution is 7.91. The number of carbonyl (C=O) groups is 1. The number of H-pyrrole nitrogens is 1. The van der Waals surface area contributed by atoms with Crippen molar-refractivity contribution in [1.29, 1.82) is 0 Å². The van der Waals surface area contributed by atoms with Gasteiger partial charge in [0.25, 0.3) is 10.0 Å². The first kappa shape index (κ1) is 14.7. The second-order valence-corrected chi connectivity index (χ2v) is 7.28. The molecule has 2 aromatic rings. The van der Waals surface area contributed by atoms with Crippen LogP contribution in [0.3, 0.4) is 0 Å². The average Bonchev–Trinajstić information content (AvgIpc) is 2.97. The van der Waals surface area contributed by atoms with E-state index in [9.17, 15) is 13.2 Å². The maximum atomic E-state index is 12.2. The lowest BCUT2D eigenvalue weighted by molar-refractivity contribution is -0.136. The van der Waals surface area contributed by atoms with Gasteiger partial charge in [-0.1, -0.05) is 0 Å². The minimum absolute atomic E-state index is 0.101. The number of nitrogens with one attached hydrogen (secondary N) is 2. The molecule has 3 N–H and O–H groups in total. The molecule has 2 rings (SSSR count). The van der Waals surface area contributed by atoms with Crippen molar-refractivity contribution < 1.29 is 18.3 Å². The Hall–Kier alpha value is -1.71. The van der Waals surface area contributed by atoms with Crippen molar-refractivity contribution in [3.8, 4) is 0 Å². The Balaban J connectivity index is 2.14. The Labute approximate surface area is 119 Å². The lowest BCUT2D eigenvalue weighted by atomic mass is 10.2. The summed E-state index contributed by atoms with van der Waals surface area (Å²) in [6.45, 7) is 1.70. The van der Waals surface area contributed by atoms with Gasteiger partial charge < -0.3 is 5.11 Å². The summed E-state index contributed by atoms with van der Waals surface area (Å²) in [6.07, 6.45) is 2.96. The van der Waals surface area contributed by atoms with Gasteiger partial charge in [-0.2, -0.15) is 5.10 Å². The quantitative estimate of drug-likeness (QED) is 0.740. The van der Waals surface area contributed by atoms with Gasteiger partial charge in [-0.3, -0.25) is 9.89 Å². The number of hydrogen-bond acceptors (Lipinski definition) is 5. The summed E-state index contributed by atoms with van der Waals surface area (Å²) in [5.74, 6) is -0.990. The molecule has 0 aliphatic rings. The standard InChI is InChI=1S/C11H13N3O4S2/c1-7(8-5-12-13-6-8)14-20(17,18)11-3-2-9(19-11)4-10(15)16/h2-3,5-7,14H,4H2,1H3,(H,12,13)(H,15,16). The molecule has 0 saturated carbocycles. The summed E-state index contributed by atoms with van der Waals surface area (Å²) < 4.78 is 26.9. The SMILES string of the molecule is CC(NS(=O)(=O)c1ccc(CC(=O)O)s1)c1cn[nH]c1. The molecule has 0 bridgehead atoms. The van der Waals surface area contributed by atoms with E-state index in [0.29, 0.717) is 4.88 Å². The molecule has 0 fully saturated rings. The molecule has 2 aromatic heterocycles. The summed E-state index contributed by atoms with van der Waals surface area (Å²) in [7, 11) is -3.67. The highest BCUT2D eigenvalue weighted by atomic mass is 32.2. The van der Waals surface area contributed by atoms with E-state index in [4.69, 9.17) is 5.11 Å². The van der Waals surface area contributed by atoms with Crippen molar-refractivity contribution in [3.05, 3.63) is 35.0 Å². The first-order valence-corrected chi connectivity index (χ1v) is 8.00. The van der Waals surface area contributed by atoms with Crippen LogP contribution in [0.2, 0.25) is 0 Å². The molecule has 20 heavy (non-hydrogen) atoms. The van der Waals surface area contributed by atoms with E-state index < -0.39 is 22.0 Å². The first-order chi connectivity index (χ1) is 9.38. The summed E-state index contributed by atoms with van der Waals surface area (Å²) >= 11 is 0.953. The molecule has 0 spiro atoms. The summed E-state index contributed by atoms with van der Waals surface area (Å²) in [6, 6.07) is 2.49. The number of carboxylic acids is 1. The van der Waals surface area contributed by atoms with Gasteiger partial charge in [-0.15, -0.1) is 11.3 Å². The summed E-state index contributed by atoms with van der Waals surface area (Å²) in [5.41, 5.74) is 0.718. The van der Waals surface area contributed by atoms with Crippen molar-refractivity contribution in [2.24, 2.45) is 0 Å². The third kappa shape index (κ3) is 3.44. The van der Waals surface area contributed by atoms with Crippen LogP contribution in [0.15, 0.2) is 28.7 Å². The molecule has 9 heteroatoms. The first-order valence-electron chi connectivity index (χ1n) is 5.70. The van der Waals surface area contributed by atoms with Crippen molar-refractivity contribution in [3.63, 3.8) is 0 Å². The maximum Gasteiger partial charge on any atom is 0.308 e. The molecular formula is C11H13N3O4S2. The molecule has 0 amide bonds. The van der Waals surface area contributed by atoms with E-state index >= 15 is 0 Å². The molecule has 1 unspecified atom stereocenters. The van der Waals surface area contributed by atoms with Gasteiger partial charge in [-0.25, -0.2) is 13.1 Å². The predicted octanol–water partition coefficient (Wildman–Crippen LogP) is 1.14. The lowest BCUT2D eigenvalue weighted by Gasteiger charge is -2.11. The Morgan fingerprint density at radius 1 is 1.55 bits per heavy atom. The van der Waals surface area contributed by atoms with Gasteiger partial charge in [0.15, 0.2) is 0 Å². The fourth-order valence-corrected chi connectivity index (χ4v) is 4.20. The fourth-order valence-electron chi connectivity index (χ4n) is 1.60. The zero-order chi connectivity index (χ0) is 14.8. The summed E-state index contributed by atoms with van der Waals surface area (Å²) in [5, 5.41) is 15.1. The van der Waals surface area contributed by atoms with Crippen LogP contribution in [0.4, 0.5) is 0 Å². The minimum Gasteiger partial charge on any atom is -0.481 e. The van der Waals surface area contributed by atoms with Crippen LogP contribution in [0, 0.1) is 0 Å². The number of thiophene rings is 1. The number of sulfonamides is 1. The average molecular weight is 315 g/mol. The van der Waals surface area contributed by atoms with Crippen LogP contribution in [0.5, 0.6) is 0 Å². The van der Waals surface area contributed by atoms with Crippen LogP contribution < -0.4 is 4.72 Å². The molecular weight excluding hydrogens is 302 g/mol. The van der Waals surface area contributed by atoms with E-state index in [2.05, 4.69) is 14.9 Å². The zero-order valence-electron chi connectivity index (χ0n) is 10.5. The molecule has 7 nitrogen and oxygen atoms in total. The van der Waals surface area contributed by atoms with Gasteiger partial charge in [0.1, 0.15) is 4.21 Å². The molecule has 0 saturated heterocycles. The fraction of sp³-hybridized carbons (Fsp3) is 0.273. The predicted molar refractivity (Wildman–Crippen MR) is 73.0 cm³/mol. The highest BCUT2D eigenvalue weighted by Crippen LogP contribution is 2.23. The second kappa shape index (κ2) is 5.73. The largest absolute Gasteiger partial charge is 0.481 e. The van der Waals surface area contributed by atoms with E-state index in [0.717, 1.165) is 16.9 Å². The number of aromatic nitrogens is 2. The van der Waals surface area contributed by atoms with E-state index in [-0.39, 0.29) is 10.6 Å². The van der Waals surface area contributed by atoms with Crippen molar-refractivity contribution >= 4 is 27.3 Å². The normalized spacial score (nSPS) is 13.2. The minimum atomic E-state index is -3.67. The third-order valence-corrected chi connectivity index (χ3v) is 5.70. The van der Waals surface area contributed by atoms with Gasteiger partial charge in [-0.05, 0) is 19.1 Å². The van der Waals surface area contributed by atoms with E-state index in [1.807, 2.05) is 0 Å². The number of rotatable bonds is 6. The van der Waals surface area contributed by atoms with Crippen molar-refractivity contribution in [2.75, 3.05) is 0 Å². The zero-order valence-corrected chi connectivity index (χ0v) is 12.2. The van der Waals surface area contributed by atoms with Crippen LogP contribution in [0.1, 0.15) is 23.4 Å². The Bertz CT molecular complexity index is 691. The third-order valence-electron chi connectivity index (χ3n) is 2.58. The topological polar surface area (TPSA) is 112 Å².